The smallest absolute Gasteiger partial charge is 0.315 e. The van der Waals surface area contributed by atoms with Crippen LogP contribution < -0.4 is 10.6 Å². The van der Waals surface area contributed by atoms with Crippen LogP contribution in [0.5, 0.6) is 0 Å². The van der Waals surface area contributed by atoms with Crippen LogP contribution in [0.15, 0.2) is 30.3 Å². The molecule has 1 fully saturated rings. The Morgan fingerprint density at radius 1 is 1.09 bits per heavy atom. The Morgan fingerprint density at radius 3 is 2.35 bits per heavy atom. The molecule has 0 spiro atoms. The molecule has 1 heterocycles. The highest BCUT2D eigenvalue weighted by Gasteiger charge is 2.29. The van der Waals surface area contributed by atoms with Gasteiger partial charge in [-0.1, -0.05) is 44.2 Å². The third-order valence-electron chi connectivity index (χ3n) is 4.18. The van der Waals surface area contributed by atoms with Gasteiger partial charge < -0.3 is 15.5 Å². The predicted octanol–water partition coefficient (Wildman–Crippen LogP) is 2.52. The molecule has 3 amide bonds. The fourth-order valence-corrected chi connectivity index (χ4v) is 2.80. The van der Waals surface area contributed by atoms with Crippen molar-refractivity contribution in [1.82, 2.24) is 15.5 Å². The van der Waals surface area contributed by atoms with Crippen LogP contribution in [0.25, 0.3) is 0 Å². The first-order valence-electron chi connectivity index (χ1n) is 8.45. The molecule has 0 bridgehead atoms. The molecule has 23 heavy (non-hydrogen) atoms. The number of likely N-dealkylation sites (tertiary alicyclic amines) is 1. The summed E-state index contributed by atoms with van der Waals surface area (Å²) in [5.41, 5.74) is 1.03. The summed E-state index contributed by atoms with van der Waals surface area (Å²) in [5, 5.41) is 5.66. The van der Waals surface area contributed by atoms with Crippen molar-refractivity contribution in [2.75, 3.05) is 13.1 Å². The molecule has 5 heteroatoms. The highest BCUT2D eigenvalue weighted by atomic mass is 16.2. The molecule has 1 unspecified atom stereocenters. The first kappa shape index (κ1) is 17.3. The number of carbonyl (C=O) groups is 2. The maximum atomic E-state index is 12.6. The normalized spacial score (nSPS) is 16.0. The second-order valence-electron chi connectivity index (χ2n) is 6.42. The Bertz CT molecular complexity index is 510. The molecule has 5 nitrogen and oxygen atoms in total. The summed E-state index contributed by atoms with van der Waals surface area (Å²) >= 11 is 0. The van der Waals surface area contributed by atoms with Crippen molar-refractivity contribution >= 4 is 11.9 Å². The molecule has 1 aromatic carbocycles. The summed E-state index contributed by atoms with van der Waals surface area (Å²) in [6.45, 7) is 5.98. The average molecular weight is 317 g/mol. The highest BCUT2D eigenvalue weighted by molar-refractivity contribution is 5.87. The van der Waals surface area contributed by atoms with Gasteiger partial charge in [-0.15, -0.1) is 0 Å². The van der Waals surface area contributed by atoms with Crippen LogP contribution in [0.1, 0.15) is 38.7 Å². The Morgan fingerprint density at radius 2 is 1.74 bits per heavy atom. The van der Waals surface area contributed by atoms with Gasteiger partial charge in [0.05, 0.1) is 0 Å². The topological polar surface area (TPSA) is 61.4 Å². The second kappa shape index (κ2) is 8.56. The number of hydrogen-bond acceptors (Lipinski definition) is 2. The molecule has 0 aliphatic carbocycles. The van der Waals surface area contributed by atoms with E-state index in [1.54, 1.807) is 0 Å². The summed E-state index contributed by atoms with van der Waals surface area (Å²) in [4.78, 5) is 26.6. The summed E-state index contributed by atoms with van der Waals surface area (Å²) in [6.07, 6.45) is 3.29. The van der Waals surface area contributed by atoms with Gasteiger partial charge in [0.15, 0.2) is 0 Å². The van der Waals surface area contributed by atoms with Crippen LogP contribution in [-0.2, 0) is 11.3 Å². The third-order valence-corrected chi connectivity index (χ3v) is 4.18. The van der Waals surface area contributed by atoms with Crippen molar-refractivity contribution < 1.29 is 9.59 Å². The van der Waals surface area contributed by atoms with Gasteiger partial charge in [-0.2, -0.15) is 0 Å². The monoisotopic (exact) mass is 317 g/mol. The number of amides is 3. The van der Waals surface area contributed by atoms with Gasteiger partial charge >= 0.3 is 6.03 Å². The van der Waals surface area contributed by atoms with Crippen LogP contribution >= 0.6 is 0 Å². The number of piperidine rings is 1. The molecule has 1 aliphatic heterocycles. The molecular weight excluding hydrogens is 290 g/mol. The minimum Gasteiger partial charge on any atom is -0.341 e. The lowest BCUT2D eigenvalue weighted by molar-refractivity contribution is -0.135. The van der Waals surface area contributed by atoms with Crippen LogP contribution in [0.4, 0.5) is 4.79 Å². The van der Waals surface area contributed by atoms with Gasteiger partial charge in [0.1, 0.15) is 6.04 Å². The molecule has 126 valence electrons. The lowest BCUT2D eigenvalue weighted by Gasteiger charge is -2.32. The first-order chi connectivity index (χ1) is 11.1. The Balaban J connectivity index is 1.87. The fraction of sp³-hybridized carbons (Fsp3) is 0.556. The van der Waals surface area contributed by atoms with Gasteiger partial charge in [0.2, 0.25) is 5.91 Å². The number of nitrogens with one attached hydrogen (secondary N) is 2. The van der Waals surface area contributed by atoms with Crippen molar-refractivity contribution in [1.29, 1.82) is 0 Å². The Kier molecular flexibility index (Phi) is 6.44. The number of carbonyl (C=O) groups excluding carboxylic acids is 2. The van der Waals surface area contributed by atoms with Gasteiger partial charge in [-0.05, 0) is 30.7 Å². The first-order valence-corrected chi connectivity index (χ1v) is 8.45. The quantitative estimate of drug-likeness (QED) is 0.876. The van der Waals surface area contributed by atoms with Crippen LogP contribution in [-0.4, -0.2) is 36.0 Å². The number of urea groups is 1. The molecule has 0 aromatic heterocycles. The molecular formula is C18H27N3O2. The molecule has 1 saturated heterocycles. The van der Waals surface area contributed by atoms with E-state index in [-0.39, 0.29) is 17.9 Å². The number of hydrogen-bond donors (Lipinski definition) is 2. The Hall–Kier alpha value is -2.04. The SMILES string of the molecule is CC(C)C(NC(=O)NCc1ccccc1)C(=O)N1CCCCC1. The summed E-state index contributed by atoms with van der Waals surface area (Å²) < 4.78 is 0. The van der Waals surface area contributed by atoms with E-state index in [1.807, 2.05) is 49.1 Å². The second-order valence-corrected chi connectivity index (χ2v) is 6.42. The molecule has 0 radical (unpaired) electrons. The van der Waals surface area contributed by atoms with Crippen molar-refractivity contribution in [3.63, 3.8) is 0 Å². The van der Waals surface area contributed by atoms with E-state index in [9.17, 15) is 9.59 Å². The van der Waals surface area contributed by atoms with Crippen molar-refractivity contribution in [3.05, 3.63) is 35.9 Å². The molecule has 1 aliphatic rings. The lowest BCUT2D eigenvalue weighted by Crippen LogP contribution is -2.54. The van der Waals surface area contributed by atoms with Gasteiger partial charge in [0, 0.05) is 19.6 Å². The van der Waals surface area contributed by atoms with Crippen molar-refractivity contribution in [2.45, 2.75) is 45.7 Å². The van der Waals surface area contributed by atoms with Gasteiger partial charge in [-0.25, -0.2) is 4.79 Å². The van der Waals surface area contributed by atoms with Crippen LogP contribution in [0.3, 0.4) is 0 Å². The van der Waals surface area contributed by atoms with Gasteiger partial charge in [0.25, 0.3) is 0 Å². The molecule has 0 saturated carbocycles. The van der Waals surface area contributed by atoms with Crippen molar-refractivity contribution in [2.24, 2.45) is 5.92 Å². The van der Waals surface area contributed by atoms with E-state index in [2.05, 4.69) is 10.6 Å². The molecule has 1 aromatic rings. The van der Waals surface area contributed by atoms with E-state index >= 15 is 0 Å². The van der Waals surface area contributed by atoms with E-state index in [0.717, 1.165) is 31.5 Å². The third kappa shape index (κ3) is 5.27. The zero-order chi connectivity index (χ0) is 16.7. The molecule has 1 atom stereocenters. The number of rotatable bonds is 5. The predicted molar refractivity (Wildman–Crippen MR) is 90.9 cm³/mol. The van der Waals surface area contributed by atoms with E-state index in [4.69, 9.17) is 0 Å². The molecule has 2 N–H and O–H groups in total. The minimum atomic E-state index is -0.469. The van der Waals surface area contributed by atoms with Crippen LogP contribution in [0.2, 0.25) is 0 Å². The number of nitrogens with zero attached hydrogens (tertiary/aromatic N) is 1. The van der Waals surface area contributed by atoms with E-state index < -0.39 is 6.04 Å². The average Bonchev–Trinajstić information content (AvgIpc) is 2.58. The standard InChI is InChI=1S/C18H27N3O2/c1-14(2)16(17(22)21-11-7-4-8-12-21)20-18(23)19-13-15-9-5-3-6-10-15/h3,5-6,9-10,14,16H,4,7-8,11-13H2,1-2H3,(H2,19,20,23). The highest BCUT2D eigenvalue weighted by Crippen LogP contribution is 2.13. The zero-order valence-electron chi connectivity index (χ0n) is 14.0. The maximum absolute atomic E-state index is 12.6. The zero-order valence-corrected chi connectivity index (χ0v) is 14.0. The largest absolute Gasteiger partial charge is 0.341 e. The summed E-state index contributed by atoms with van der Waals surface area (Å²) in [6, 6.07) is 8.97. The van der Waals surface area contributed by atoms with Crippen molar-refractivity contribution in [3.8, 4) is 0 Å². The Labute approximate surface area is 138 Å². The lowest BCUT2D eigenvalue weighted by atomic mass is 10.0. The van der Waals surface area contributed by atoms with Crippen LogP contribution in [0, 0.1) is 5.92 Å². The molecule has 2 rings (SSSR count). The fourth-order valence-electron chi connectivity index (χ4n) is 2.80. The van der Waals surface area contributed by atoms with E-state index in [0.29, 0.717) is 6.54 Å². The maximum Gasteiger partial charge on any atom is 0.315 e. The number of benzene rings is 1. The summed E-state index contributed by atoms with van der Waals surface area (Å²) in [5.74, 6) is 0.0986. The summed E-state index contributed by atoms with van der Waals surface area (Å²) in [7, 11) is 0. The van der Waals surface area contributed by atoms with Gasteiger partial charge in [-0.3, -0.25) is 4.79 Å². The van der Waals surface area contributed by atoms with E-state index in [1.165, 1.54) is 6.42 Å². The minimum absolute atomic E-state index is 0.0366.